The lowest BCUT2D eigenvalue weighted by Gasteiger charge is -2.39. The number of aromatic nitrogens is 6. The van der Waals surface area contributed by atoms with Crippen LogP contribution in [0.4, 0.5) is 11.8 Å². The monoisotopic (exact) mass is 483 g/mol. The molecule has 4 aromatic rings. The minimum absolute atomic E-state index is 0.0218. The third-order valence-electron chi connectivity index (χ3n) is 6.28. The summed E-state index contributed by atoms with van der Waals surface area (Å²) < 4.78 is 3.68. The van der Waals surface area contributed by atoms with Gasteiger partial charge in [-0.1, -0.05) is 23.2 Å². The van der Waals surface area contributed by atoms with Crippen molar-refractivity contribution in [3.63, 3.8) is 0 Å². The Labute approximate surface area is 198 Å². The van der Waals surface area contributed by atoms with Gasteiger partial charge >= 0.3 is 0 Å². The van der Waals surface area contributed by atoms with Crippen LogP contribution >= 0.6 is 23.2 Å². The second-order valence-corrected chi connectivity index (χ2v) is 9.13. The Kier molecular flexibility index (Phi) is 4.49. The molecule has 168 valence electrons. The van der Waals surface area contributed by atoms with Gasteiger partial charge in [-0.15, -0.1) is 0 Å². The summed E-state index contributed by atoms with van der Waals surface area (Å²) in [5, 5.41) is 5.73. The van der Waals surface area contributed by atoms with E-state index in [9.17, 15) is 4.79 Å². The molecular weight excluding hydrogens is 465 g/mol. The van der Waals surface area contributed by atoms with Crippen LogP contribution in [0.15, 0.2) is 24.5 Å². The number of nitrogens with zero attached hydrogens (tertiary/aromatic N) is 7. The van der Waals surface area contributed by atoms with E-state index in [2.05, 4.69) is 20.1 Å². The quantitative estimate of drug-likeness (QED) is 0.457. The number of nitrogen functional groups attached to an aromatic ring is 2. The molecule has 1 saturated heterocycles. The molecule has 0 spiro atoms. The molecule has 2 aliphatic rings. The molecule has 3 aromatic heterocycles. The number of benzene rings is 1. The van der Waals surface area contributed by atoms with Crippen molar-refractivity contribution < 1.29 is 4.79 Å². The summed E-state index contributed by atoms with van der Waals surface area (Å²) in [4.78, 5) is 27.7. The van der Waals surface area contributed by atoms with Crippen molar-refractivity contribution in [3.8, 4) is 5.69 Å². The van der Waals surface area contributed by atoms with E-state index in [0.717, 1.165) is 36.2 Å². The first-order valence-electron chi connectivity index (χ1n) is 10.5. The molecule has 0 atom stereocenters. The van der Waals surface area contributed by atoms with Crippen LogP contribution in [0.1, 0.15) is 34.2 Å². The Hall–Kier alpha value is -3.37. The van der Waals surface area contributed by atoms with Crippen molar-refractivity contribution in [3.05, 3.63) is 51.5 Å². The maximum Gasteiger partial charge on any atom is 0.274 e. The molecule has 1 aliphatic heterocycles. The Morgan fingerprint density at radius 3 is 2.73 bits per heavy atom. The number of rotatable bonds is 3. The largest absolute Gasteiger partial charge is 0.382 e. The van der Waals surface area contributed by atoms with E-state index < -0.39 is 0 Å². The molecule has 0 unspecified atom stereocenters. The fourth-order valence-corrected chi connectivity index (χ4v) is 5.12. The standard InChI is InChI=1S/C21H19Cl2N9O/c22-10-4-5-15(13(23)6-10)32-14-3-1-2-12(14)16(29-32)20(33)30-7-11(8-30)31-9-26-17-18(24)27-21(25)28-19(17)31/h4-6,9,11H,1-3,7-8H2,(H4,24,25,27,28). The van der Waals surface area contributed by atoms with Gasteiger partial charge in [0.15, 0.2) is 17.2 Å². The summed E-state index contributed by atoms with van der Waals surface area (Å²) in [6, 6.07) is 5.30. The second-order valence-electron chi connectivity index (χ2n) is 8.29. The summed E-state index contributed by atoms with van der Waals surface area (Å²) in [7, 11) is 0. The molecule has 10 nitrogen and oxygen atoms in total. The lowest BCUT2D eigenvalue weighted by molar-refractivity contribution is 0.0518. The number of nitrogens with two attached hydrogens (primary N) is 2. The minimum atomic E-state index is -0.0914. The van der Waals surface area contributed by atoms with Crippen LogP contribution in [0.25, 0.3) is 16.9 Å². The zero-order valence-electron chi connectivity index (χ0n) is 17.4. The molecule has 0 saturated carbocycles. The van der Waals surface area contributed by atoms with Crippen molar-refractivity contribution in [2.45, 2.75) is 25.3 Å². The van der Waals surface area contributed by atoms with E-state index in [-0.39, 0.29) is 23.7 Å². The third-order valence-corrected chi connectivity index (χ3v) is 6.82. The minimum Gasteiger partial charge on any atom is -0.382 e. The van der Waals surface area contributed by atoms with Gasteiger partial charge in [0.25, 0.3) is 5.91 Å². The number of carbonyl (C=O) groups excluding carboxylic acids is 1. The average Bonchev–Trinajstić information content (AvgIpc) is 3.43. The molecule has 4 heterocycles. The molecule has 1 aliphatic carbocycles. The lowest BCUT2D eigenvalue weighted by atomic mass is 10.1. The molecule has 0 bridgehead atoms. The van der Waals surface area contributed by atoms with Gasteiger partial charge in [-0.25, -0.2) is 9.67 Å². The van der Waals surface area contributed by atoms with Gasteiger partial charge in [0, 0.05) is 29.4 Å². The first kappa shape index (κ1) is 20.3. The van der Waals surface area contributed by atoms with Crippen LogP contribution < -0.4 is 11.5 Å². The molecule has 33 heavy (non-hydrogen) atoms. The Bertz CT molecular complexity index is 1440. The maximum absolute atomic E-state index is 13.4. The highest BCUT2D eigenvalue weighted by atomic mass is 35.5. The lowest BCUT2D eigenvalue weighted by Crippen LogP contribution is -2.51. The normalized spacial score (nSPS) is 15.8. The summed E-state index contributed by atoms with van der Waals surface area (Å²) in [5.74, 6) is 0.243. The van der Waals surface area contributed by atoms with Crippen LogP contribution in [0.2, 0.25) is 10.0 Å². The summed E-state index contributed by atoms with van der Waals surface area (Å²) in [5.41, 5.74) is 16.0. The topological polar surface area (TPSA) is 134 Å². The third kappa shape index (κ3) is 3.12. The van der Waals surface area contributed by atoms with Crippen LogP contribution in [-0.4, -0.2) is 53.2 Å². The average molecular weight is 484 g/mol. The molecule has 4 N–H and O–H groups in total. The summed E-state index contributed by atoms with van der Waals surface area (Å²) in [6.07, 6.45) is 4.31. The van der Waals surface area contributed by atoms with Gasteiger partial charge in [-0.05, 0) is 37.5 Å². The highest BCUT2D eigenvalue weighted by Crippen LogP contribution is 2.34. The number of hydrogen-bond donors (Lipinski definition) is 2. The van der Waals surface area contributed by atoms with E-state index in [4.69, 9.17) is 34.7 Å². The smallest absolute Gasteiger partial charge is 0.274 e. The number of likely N-dealkylation sites (tertiary alicyclic amines) is 1. The first-order chi connectivity index (χ1) is 15.9. The Balaban J connectivity index is 1.28. The fraction of sp³-hybridized carbons (Fsp3) is 0.286. The van der Waals surface area contributed by atoms with E-state index >= 15 is 0 Å². The van der Waals surface area contributed by atoms with Gasteiger partial charge in [0.05, 0.1) is 23.1 Å². The van der Waals surface area contributed by atoms with Crippen molar-refractivity contribution in [1.82, 2.24) is 34.2 Å². The van der Waals surface area contributed by atoms with E-state index in [1.807, 2.05) is 10.6 Å². The highest BCUT2D eigenvalue weighted by molar-refractivity contribution is 6.35. The van der Waals surface area contributed by atoms with Crippen molar-refractivity contribution in [2.24, 2.45) is 0 Å². The zero-order valence-corrected chi connectivity index (χ0v) is 18.9. The molecule has 1 fully saturated rings. The molecule has 0 radical (unpaired) electrons. The van der Waals surface area contributed by atoms with Gasteiger partial charge in [-0.2, -0.15) is 15.1 Å². The number of carbonyl (C=O) groups is 1. The molecule has 12 heteroatoms. The van der Waals surface area contributed by atoms with E-state index in [1.165, 1.54) is 0 Å². The number of fused-ring (bicyclic) bond motifs is 2. The van der Waals surface area contributed by atoms with Crippen molar-refractivity contribution in [2.75, 3.05) is 24.6 Å². The van der Waals surface area contributed by atoms with Gasteiger partial charge < -0.3 is 20.9 Å². The number of imidazole rings is 1. The van der Waals surface area contributed by atoms with E-state index in [0.29, 0.717) is 40.0 Å². The Morgan fingerprint density at radius 2 is 1.94 bits per heavy atom. The van der Waals surface area contributed by atoms with Gasteiger partial charge in [-0.3, -0.25) is 4.79 Å². The number of amides is 1. The Morgan fingerprint density at radius 1 is 1.12 bits per heavy atom. The van der Waals surface area contributed by atoms with Gasteiger partial charge in [0.2, 0.25) is 5.95 Å². The molecule has 6 rings (SSSR count). The number of halogens is 2. The molecule has 1 amide bonds. The predicted molar refractivity (Wildman–Crippen MR) is 125 cm³/mol. The van der Waals surface area contributed by atoms with Gasteiger partial charge in [0.1, 0.15) is 5.52 Å². The van der Waals surface area contributed by atoms with E-state index in [1.54, 1.807) is 28.0 Å². The fourth-order valence-electron chi connectivity index (χ4n) is 4.63. The van der Waals surface area contributed by atoms with Crippen molar-refractivity contribution >= 4 is 52.0 Å². The van der Waals surface area contributed by atoms with Crippen molar-refractivity contribution in [1.29, 1.82) is 0 Å². The molecular formula is C21H19Cl2N9O. The highest BCUT2D eigenvalue weighted by Gasteiger charge is 2.37. The zero-order chi connectivity index (χ0) is 22.9. The summed E-state index contributed by atoms with van der Waals surface area (Å²) in [6.45, 7) is 1.02. The maximum atomic E-state index is 13.4. The van der Waals surface area contributed by atoms with Crippen LogP contribution in [0.3, 0.4) is 0 Å². The number of anilines is 2. The first-order valence-corrected chi connectivity index (χ1v) is 11.3. The SMILES string of the molecule is Nc1nc(N)c2ncn(C3CN(C(=O)c4nn(-c5ccc(Cl)cc5Cl)c5c4CCC5)C3)c2n1. The van der Waals surface area contributed by atoms with Crippen LogP contribution in [-0.2, 0) is 12.8 Å². The summed E-state index contributed by atoms with van der Waals surface area (Å²) >= 11 is 12.5. The van der Waals surface area contributed by atoms with Crippen LogP contribution in [0.5, 0.6) is 0 Å². The number of hydrogen-bond acceptors (Lipinski definition) is 7. The second kappa shape index (κ2) is 7.32. The predicted octanol–water partition coefficient (Wildman–Crippen LogP) is 2.67. The van der Waals surface area contributed by atoms with Crippen LogP contribution in [0, 0.1) is 0 Å². The molecule has 1 aromatic carbocycles.